The molecule has 8 aromatic rings. The van der Waals surface area contributed by atoms with Gasteiger partial charge in [0.25, 0.3) is 0 Å². The minimum absolute atomic E-state index is 0.202. The largest absolute Gasteiger partial charge is 0.508 e. The maximum atomic E-state index is 9.49. The van der Waals surface area contributed by atoms with Crippen LogP contribution in [0, 0.1) is 0 Å². The average Bonchev–Trinajstić information content (AvgIpc) is 4.03. The summed E-state index contributed by atoms with van der Waals surface area (Å²) in [5, 5.41) is 35.7. The van der Waals surface area contributed by atoms with E-state index in [0.29, 0.717) is 40.1 Å². The molecule has 7 N–H and O–H groups in total. The number of rotatable bonds is 7. The second kappa shape index (κ2) is 13.0. The molecule has 0 amide bonds. The number of phenolic OH excluding ortho intramolecular Hbond substituents is 1. The highest BCUT2D eigenvalue weighted by Gasteiger charge is 2.23. The van der Waals surface area contributed by atoms with Crippen molar-refractivity contribution in [2.75, 3.05) is 29.2 Å². The van der Waals surface area contributed by atoms with Crippen LogP contribution in [-0.2, 0) is 14.1 Å². The van der Waals surface area contributed by atoms with Gasteiger partial charge in [0.15, 0.2) is 34.2 Å². The van der Waals surface area contributed by atoms with Gasteiger partial charge in [-0.15, -0.1) is 10.2 Å². The van der Waals surface area contributed by atoms with Gasteiger partial charge in [-0.05, 0) is 61.4 Å². The fourth-order valence-corrected chi connectivity index (χ4v) is 6.44. The minimum atomic E-state index is 0.202. The number of nitrogens with zero attached hydrogens (tertiary/aromatic N) is 12. The summed E-state index contributed by atoms with van der Waals surface area (Å²) >= 11 is 0. The number of nitrogen functional groups attached to an aromatic ring is 2. The summed E-state index contributed by atoms with van der Waals surface area (Å²) in [7, 11) is 5.31. The van der Waals surface area contributed by atoms with Crippen LogP contribution >= 0.6 is 0 Å². The number of nitrogens with two attached hydrogens (primary N) is 2. The summed E-state index contributed by atoms with van der Waals surface area (Å²) in [5.74, 6) is 4.22. The van der Waals surface area contributed by atoms with E-state index in [0.717, 1.165) is 57.7 Å². The number of allylic oxidation sites excluding steroid dienone is 8. The van der Waals surface area contributed by atoms with Crippen molar-refractivity contribution < 1.29 is 9.84 Å². The van der Waals surface area contributed by atoms with E-state index in [-0.39, 0.29) is 17.6 Å². The van der Waals surface area contributed by atoms with E-state index < -0.39 is 0 Å². The van der Waals surface area contributed by atoms with Crippen LogP contribution in [0.5, 0.6) is 11.5 Å². The fraction of sp³-hybridized carbons (Fsp3) is 0.135. The fourth-order valence-electron chi connectivity index (χ4n) is 6.44. The summed E-state index contributed by atoms with van der Waals surface area (Å²) in [5.41, 5.74) is 18.2. The molecular formula is C37H34N16O2. The van der Waals surface area contributed by atoms with E-state index in [9.17, 15) is 5.11 Å². The van der Waals surface area contributed by atoms with Gasteiger partial charge in [0.2, 0.25) is 11.9 Å². The summed E-state index contributed by atoms with van der Waals surface area (Å²) < 4.78 is 11.7. The molecule has 0 bridgehead atoms. The molecule has 18 nitrogen and oxygen atoms in total. The molecule has 0 unspecified atom stereocenters. The van der Waals surface area contributed by atoms with Gasteiger partial charge in [0.05, 0.1) is 7.11 Å². The molecule has 55 heavy (non-hydrogen) atoms. The van der Waals surface area contributed by atoms with Crippen molar-refractivity contribution in [1.29, 1.82) is 0 Å². The molecule has 2 aliphatic carbocycles. The van der Waals surface area contributed by atoms with Crippen LogP contribution in [0.25, 0.3) is 44.5 Å². The van der Waals surface area contributed by atoms with Gasteiger partial charge < -0.3 is 31.9 Å². The molecule has 0 fully saturated rings. The molecule has 0 atom stereocenters. The number of methoxy groups -OCH3 is 1. The predicted octanol–water partition coefficient (Wildman–Crippen LogP) is 5.07. The molecule has 6 aromatic heterocycles. The van der Waals surface area contributed by atoms with E-state index in [1.807, 2.05) is 62.7 Å². The molecule has 0 radical (unpaired) electrons. The Bertz CT molecular complexity index is 2910. The minimum Gasteiger partial charge on any atom is -0.508 e. The zero-order chi connectivity index (χ0) is 37.8. The number of fused-ring (bicyclic) bond motifs is 6. The number of hydrogen-bond donors (Lipinski definition) is 5. The van der Waals surface area contributed by atoms with Crippen LogP contribution in [0.1, 0.15) is 24.5 Å². The van der Waals surface area contributed by atoms with E-state index in [2.05, 4.69) is 53.1 Å². The lowest BCUT2D eigenvalue weighted by atomic mass is 10.2. The number of ether oxygens (including phenoxy) is 1. The number of benzene rings is 2. The Morgan fingerprint density at radius 3 is 1.51 bits per heavy atom. The average molecular weight is 735 g/mol. The number of nitrogens with one attached hydrogen (secondary N) is 2. The Labute approximate surface area is 311 Å². The predicted molar refractivity (Wildman–Crippen MR) is 210 cm³/mol. The lowest BCUT2D eigenvalue weighted by Gasteiger charge is -2.08. The molecular weight excluding hydrogens is 701 g/mol. The molecule has 0 spiro atoms. The first-order valence-corrected chi connectivity index (χ1v) is 17.2. The summed E-state index contributed by atoms with van der Waals surface area (Å²) in [6, 6.07) is 14.4. The molecule has 0 saturated carbocycles. The van der Waals surface area contributed by atoms with Crippen molar-refractivity contribution in [3.8, 4) is 11.5 Å². The highest BCUT2D eigenvalue weighted by molar-refractivity contribution is 6.02. The second-order valence-electron chi connectivity index (χ2n) is 12.8. The zero-order valence-corrected chi connectivity index (χ0v) is 29.9. The van der Waals surface area contributed by atoms with Crippen LogP contribution in [0.4, 0.5) is 34.9 Å². The SMILES string of the molecule is COc1ccc(Nc2c3c(nc(N)n4nc(C5=CC=CC5)nc34)nn2C)cc1.Cn1nc2nc(N)n3nc(C4=CC=CC4)nc3c2c1Nc1ccc(O)cc1. The molecule has 0 saturated heterocycles. The topological polar surface area (TPSA) is 227 Å². The Balaban J connectivity index is 0.000000144. The van der Waals surface area contributed by atoms with Crippen molar-refractivity contribution >= 4 is 79.4 Å². The van der Waals surface area contributed by atoms with Crippen LogP contribution in [0.15, 0.2) is 85.0 Å². The van der Waals surface area contributed by atoms with E-state index in [4.69, 9.17) is 26.2 Å². The monoisotopic (exact) mass is 734 g/mol. The number of aryl methyl sites for hydroxylation is 2. The Hall–Kier alpha value is -7.76. The third kappa shape index (κ3) is 5.86. The Kier molecular flexibility index (Phi) is 7.84. The normalized spacial score (nSPS) is 13.5. The molecule has 18 heteroatoms. The van der Waals surface area contributed by atoms with Crippen molar-refractivity contribution in [2.24, 2.45) is 14.1 Å². The Morgan fingerprint density at radius 1 is 0.636 bits per heavy atom. The number of phenols is 1. The van der Waals surface area contributed by atoms with Gasteiger partial charge in [-0.25, -0.2) is 19.3 Å². The van der Waals surface area contributed by atoms with E-state index >= 15 is 0 Å². The third-order valence-electron chi connectivity index (χ3n) is 9.19. The van der Waals surface area contributed by atoms with Gasteiger partial charge in [-0.1, -0.05) is 36.5 Å². The first-order valence-electron chi connectivity index (χ1n) is 17.2. The molecule has 0 aliphatic heterocycles. The maximum Gasteiger partial charge on any atom is 0.225 e. The van der Waals surface area contributed by atoms with Gasteiger partial charge in [0.1, 0.15) is 33.9 Å². The number of aromatic nitrogens is 12. The number of hydrogen-bond acceptors (Lipinski definition) is 14. The quantitative estimate of drug-likeness (QED) is 0.135. The van der Waals surface area contributed by atoms with Crippen molar-refractivity contribution in [3.63, 3.8) is 0 Å². The number of aromatic hydroxyl groups is 1. The summed E-state index contributed by atoms with van der Waals surface area (Å²) in [6.45, 7) is 0. The first kappa shape index (κ1) is 33.1. The first-order chi connectivity index (χ1) is 26.7. The van der Waals surface area contributed by atoms with E-state index in [1.165, 1.54) is 0 Å². The van der Waals surface area contributed by atoms with Gasteiger partial charge >= 0.3 is 0 Å². The van der Waals surface area contributed by atoms with Gasteiger partial charge in [-0.2, -0.15) is 29.2 Å². The molecule has 274 valence electrons. The van der Waals surface area contributed by atoms with Gasteiger partial charge in [-0.3, -0.25) is 0 Å². The highest BCUT2D eigenvalue weighted by atomic mass is 16.5. The maximum absolute atomic E-state index is 9.49. The van der Waals surface area contributed by atoms with Gasteiger partial charge in [0, 0.05) is 36.6 Å². The summed E-state index contributed by atoms with van der Waals surface area (Å²) in [6.07, 6.45) is 13.7. The Morgan fingerprint density at radius 2 is 1.09 bits per heavy atom. The second-order valence-corrected chi connectivity index (χ2v) is 12.8. The standard InChI is InChI=1S/C19H18N8O.C18H16N8O/c1-26-17(21-12-7-9-13(28-2)10-8-12)14-16(24-26)23-19(20)27-18(14)22-15(25-27)11-5-3-4-6-11;1-25-16(20-11-6-8-12(27)9-7-11)13-15(23-25)22-18(19)26-17(13)21-14(24-26)10-4-2-3-5-10/h3-5,7-10,21H,6H2,1-2H3,(H2,20,23,24);2-4,6-9,20,27H,5H2,1H3,(H2,19,22,23). The smallest absolute Gasteiger partial charge is 0.225 e. The van der Waals surface area contributed by atoms with Crippen molar-refractivity contribution in [3.05, 3.63) is 96.6 Å². The van der Waals surface area contributed by atoms with Crippen LogP contribution < -0.4 is 26.8 Å². The lowest BCUT2D eigenvalue weighted by Crippen LogP contribution is -2.03. The van der Waals surface area contributed by atoms with Crippen LogP contribution in [0.3, 0.4) is 0 Å². The highest BCUT2D eigenvalue weighted by Crippen LogP contribution is 2.33. The van der Waals surface area contributed by atoms with Crippen molar-refractivity contribution in [2.45, 2.75) is 12.8 Å². The molecule has 2 aromatic carbocycles. The zero-order valence-electron chi connectivity index (χ0n) is 29.9. The van der Waals surface area contributed by atoms with Crippen molar-refractivity contribution in [1.82, 2.24) is 58.7 Å². The van der Waals surface area contributed by atoms with E-state index in [1.54, 1.807) is 49.8 Å². The molecule has 2 aliphatic rings. The van der Waals surface area contributed by atoms with Crippen LogP contribution in [-0.4, -0.2) is 70.9 Å². The number of anilines is 6. The third-order valence-corrected chi connectivity index (χ3v) is 9.19. The summed E-state index contributed by atoms with van der Waals surface area (Å²) in [4.78, 5) is 18.2. The van der Waals surface area contributed by atoms with Crippen LogP contribution in [0.2, 0.25) is 0 Å². The molecule has 10 rings (SSSR count). The lowest BCUT2D eigenvalue weighted by molar-refractivity contribution is 0.415. The molecule has 6 heterocycles.